The number of thiocarbonyl (C=S) groups is 1. The van der Waals surface area contributed by atoms with E-state index in [1.54, 1.807) is 12.3 Å². The van der Waals surface area contributed by atoms with Crippen LogP contribution in [-0.4, -0.2) is 9.56 Å². The van der Waals surface area contributed by atoms with Crippen LogP contribution >= 0.6 is 12.2 Å². The molecule has 0 aliphatic heterocycles. The van der Waals surface area contributed by atoms with E-state index in [1.165, 1.54) is 10.6 Å². The largest absolute Gasteiger partial charge is 0.392 e. The predicted octanol–water partition coefficient (Wildman–Crippen LogP) is 0.443. The van der Waals surface area contributed by atoms with Crippen molar-refractivity contribution >= 4 is 17.2 Å². The van der Waals surface area contributed by atoms with Gasteiger partial charge in [-0.05, 0) is 12.5 Å². The van der Waals surface area contributed by atoms with Crippen LogP contribution in [-0.2, 0) is 6.54 Å². The van der Waals surface area contributed by atoms with E-state index in [2.05, 4.69) is 0 Å². The Balaban J connectivity index is 3.06. The summed E-state index contributed by atoms with van der Waals surface area (Å²) in [5.74, 6) is 0. The molecule has 12 heavy (non-hydrogen) atoms. The Labute approximate surface area is 75.8 Å². The second-order valence-electron chi connectivity index (χ2n) is 2.64. The van der Waals surface area contributed by atoms with Gasteiger partial charge in [0.25, 0.3) is 5.56 Å². The monoisotopic (exact) mass is 182 g/mol. The molecule has 0 aliphatic rings. The number of aryl methyl sites for hydroxylation is 1. The SMILES string of the molecule is Cc1ccc(=O)n(CC(N)=S)c1. The van der Waals surface area contributed by atoms with Crippen LogP contribution < -0.4 is 11.3 Å². The maximum atomic E-state index is 11.2. The third-order valence-electron chi connectivity index (χ3n) is 1.46. The zero-order valence-corrected chi connectivity index (χ0v) is 7.60. The summed E-state index contributed by atoms with van der Waals surface area (Å²) in [6.07, 6.45) is 1.74. The van der Waals surface area contributed by atoms with Gasteiger partial charge in [-0.2, -0.15) is 0 Å². The Kier molecular flexibility index (Phi) is 2.60. The van der Waals surface area contributed by atoms with Gasteiger partial charge in [0.2, 0.25) is 0 Å². The minimum atomic E-state index is -0.0756. The molecule has 3 nitrogen and oxygen atoms in total. The van der Waals surface area contributed by atoms with E-state index in [4.69, 9.17) is 18.0 Å². The first kappa shape index (κ1) is 8.93. The van der Waals surface area contributed by atoms with Crippen LogP contribution in [0.15, 0.2) is 23.1 Å². The molecule has 0 amide bonds. The van der Waals surface area contributed by atoms with Crippen molar-refractivity contribution in [3.05, 3.63) is 34.2 Å². The minimum absolute atomic E-state index is 0.0756. The molecule has 0 saturated heterocycles. The Morgan fingerprint density at radius 3 is 2.92 bits per heavy atom. The van der Waals surface area contributed by atoms with Crippen LogP contribution in [0.5, 0.6) is 0 Å². The molecule has 0 saturated carbocycles. The van der Waals surface area contributed by atoms with Gasteiger partial charge in [0.05, 0.1) is 11.5 Å². The van der Waals surface area contributed by atoms with Gasteiger partial charge in [0.1, 0.15) is 0 Å². The molecule has 1 aromatic rings. The Bertz CT molecular complexity index is 356. The van der Waals surface area contributed by atoms with Gasteiger partial charge in [-0.25, -0.2) is 0 Å². The predicted molar refractivity (Wildman–Crippen MR) is 52.2 cm³/mol. The van der Waals surface area contributed by atoms with Crippen molar-refractivity contribution in [2.45, 2.75) is 13.5 Å². The first-order chi connectivity index (χ1) is 5.59. The highest BCUT2D eigenvalue weighted by Gasteiger charge is 1.96. The highest BCUT2D eigenvalue weighted by atomic mass is 32.1. The molecular weight excluding hydrogens is 172 g/mol. The molecule has 2 N–H and O–H groups in total. The van der Waals surface area contributed by atoms with Crippen LogP contribution in [0.3, 0.4) is 0 Å². The van der Waals surface area contributed by atoms with Gasteiger partial charge in [-0.15, -0.1) is 0 Å². The zero-order chi connectivity index (χ0) is 9.14. The lowest BCUT2D eigenvalue weighted by Gasteiger charge is -2.03. The fourth-order valence-corrected chi connectivity index (χ4v) is 1.08. The first-order valence-electron chi connectivity index (χ1n) is 3.55. The average Bonchev–Trinajstić information content (AvgIpc) is 1.96. The van der Waals surface area contributed by atoms with Crippen molar-refractivity contribution in [3.63, 3.8) is 0 Å². The number of hydrogen-bond donors (Lipinski definition) is 1. The van der Waals surface area contributed by atoms with E-state index in [-0.39, 0.29) is 5.56 Å². The highest BCUT2D eigenvalue weighted by Crippen LogP contribution is 1.91. The summed E-state index contributed by atoms with van der Waals surface area (Å²) in [5, 5.41) is 0. The summed E-state index contributed by atoms with van der Waals surface area (Å²) in [7, 11) is 0. The van der Waals surface area contributed by atoms with Crippen molar-refractivity contribution in [1.82, 2.24) is 4.57 Å². The maximum absolute atomic E-state index is 11.2. The third-order valence-corrected chi connectivity index (χ3v) is 1.59. The van der Waals surface area contributed by atoms with E-state index in [9.17, 15) is 4.79 Å². The molecule has 0 unspecified atom stereocenters. The standard InChI is InChI=1S/C8H10N2OS/c1-6-2-3-8(11)10(4-6)5-7(9)12/h2-4H,5H2,1H3,(H2,9,12). The van der Waals surface area contributed by atoms with Crippen molar-refractivity contribution in [1.29, 1.82) is 0 Å². The van der Waals surface area contributed by atoms with E-state index in [1.807, 2.05) is 6.92 Å². The van der Waals surface area contributed by atoms with Crippen LogP contribution in [0.25, 0.3) is 0 Å². The molecule has 64 valence electrons. The lowest BCUT2D eigenvalue weighted by molar-refractivity contribution is 0.802. The van der Waals surface area contributed by atoms with E-state index in [0.29, 0.717) is 11.5 Å². The summed E-state index contributed by atoms with van der Waals surface area (Å²) >= 11 is 4.70. The summed E-state index contributed by atoms with van der Waals surface area (Å²) in [6.45, 7) is 2.23. The van der Waals surface area contributed by atoms with Crippen molar-refractivity contribution < 1.29 is 0 Å². The van der Waals surface area contributed by atoms with Gasteiger partial charge in [0.15, 0.2) is 0 Å². The number of rotatable bonds is 2. The lowest BCUT2D eigenvalue weighted by Crippen LogP contribution is -2.26. The molecule has 0 radical (unpaired) electrons. The number of aromatic nitrogens is 1. The van der Waals surface area contributed by atoms with Crippen LogP contribution in [0, 0.1) is 6.92 Å². The third kappa shape index (κ3) is 2.17. The van der Waals surface area contributed by atoms with Gasteiger partial charge >= 0.3 is 0 Å². The van der Waals surface area contributed by atoms with Gasteiger partial charge < -0.3 is 10.3 Å². The minimum Gasteiger partial charge on any atom is -0.392 e. The molecule has 1 rings (SSSR count). The number of nitrogens with two attached hydrogens (primary N) is 1. The smallest absolute Gasteiger partial charge is 0.250 e. The molecule has 0 fully saturated rings. The van der Waals surface area contributed by atoms with Crippen molar-refractivity contribution in [2.24, 2.45) is 5.73 Å². The molecular formula is C8H10N2OS. The number of hydrogen-bond acceptors (Lipinski definition) is 2. The summed E-state index contributed by atoms with van der Waals surface area (Å²) in [4.78, 5) is 11.5. The van der Waals surface area contributed by atoms with Crippen LogP contribution in [0.4, 0.5) is 0 Å². The van der Waals surface area contributed by atoms with Crippen molar-refractivity contribution in [3.8, 4) is 0 Å². The van der Waals surface area contributed by atoms with E-state index < -0.39 is 0 Å². The van der Waals surface area contributed by atoms with Crippen LogP contribution in [0.1, 0.15) is 5.56 Å². The molecule has 1 heterocycles. The first-order valence-corrected chi connectivity index (χ1v) is 3.96. The highest BCUT2D eigenvalue weighted by molar-refractivity contribution is 7.80. The second-order valence-corrected chi connectivity index (χ2v) is 3.16. The Morgan fingerprint density at radius 2 is 2.33 bits per heavy atom. The summed E-state index contributed by atoms with van der Waals surface area (Å²) < 4.78 is 1.50. The van der Waals surface area contributed by atoms with Gasteiger partial charge in [-0.3, -0.25) is 4.79 Å². The molecule has 0 aromatic carbocycles. The van der Waals surface area contributed by atoms with Crippen molar-refractivity contribution in [2.75, 3.05) is 0 Å². The molecule has 0 atom stereocenters. The summed E-state index contributed by atoms with van der Waals surface area (Å²) in [5.41, 5.74) is 6.26. The zero-order valence-electron chi connectivity index (χ0n) is 6.78. The van der Waals surface area contributed by atoms with E-state index in [0.717, 1.165) is 5.56 Å². The van der Waals surface area contributed by atoms with Crippen LogP contribution in [0.2, 0.25) is 0 Å². The molecule has 0 aliphatic carbocycles. The number of pyridine rings is 1. The second kappa shape index (κ2) is 3.49. The van der Waals surface area contributed by atoms with E-state index >= 15 is 0 Å². The molecule has 0 spiro atoms. The van der Waals surface area contributed by atoms with Gasteiger partial charge in [0, 0.05) is 12.3 Å². The average molecular weight is 182 g/mol. The van der Waals surface area contributed by atoms with Gasteiger partial charge in [-0.1, -0.05) is 18.3 Å². The lowest BCUT2D eigenvalue weighted by atomic mass is 10.3. The maximum Gasteiger partial charge on any atom is 0.250 e. The molecule has 4 heteroatoms. The Hall–Kier alpha value is -1.16. The topological polar surface area (TPSA) is 48.0 Å². The Morgan fingerprint density at radius 1 is 1.67 bits per heavy atom. The number of nitrogens with zero attached hydrogens (tertiary/aromatic N) is 1. The molecule has 0 bridgehead atoms. The fourth-order valence-electron chi connectivity index (χ4n) is 0.942. The molecule has 1 aromatic heterocycles. The quantitative estimate of drug-likeness (QED) is 0.675. The normalized spacial score (nSPS) is 9.75. The fraction of sp³-hybridized carbons (Fsp3) is 0.250. The summed E-state index contributed by atoms with van der Waals surface area (Å²) in [6, 6.07) is 3.27.